The smallest absolute Gasteiger partial charge is 0.225 e. The molecule has 4 rings (SSSR count). The zero-order valence-corrected chi connectivity index (χ0v) is 11.8. The molecule has 1 unspecified atom stereocenters. The van der Waals surface area contributed by atoms with E-state index >= 15 is 0 Å². The number of rotatable bonds is 1. The van der Waals surface area contributed by atoms with Crippen molar-refractivity contribution >= 4 is 16.7 Å². The zero-order valence-electron chi connectivity index (χ0n) is 11.8. The summed E-state index contributed by atoms with van der Waals surface area (Å²) in [6.45, 7) is 0. The van der Waals surface area contributed by atoms with Crippen LogP contribution in [0.4, 0.5) is 4.39 Å². The third-order valence-corrected chi connectivity index (χ3v) is 4.25. The number of hydrogen-bond donors (Lipinski definition) is 1. The SMILES string of the molecule is O=C1Cc2c(ccc3ccccc23)C(c2ccccc2F)N1. The van der Waals surface area contributed by atoms with Crippen LogP contribution in [0, 0.1) is 5.82 Å². The van der Waals surface area contributed by atoms with E-state index in [4.69, 9.17) is 0 Å². The first kappa shape index (κ1) is 13.0. The highest BCUT2D eigenvalue weighted by Gasteiger charge is 2.28. The van der Waals surface area contributed by atoms with Crippen LogP contribution in [0.1, 0.15) is 22.7 Å². The number of carbonyl (C=O) groups excluding carboxylic acids is 1. The first-order valence-corrected chi connectivity index (χ1v) is 7.28. The van der Waals surface area contributed by atoms with E-state index in [1.54, 1.807) is 18.2 Å². The third kappa shape index (κ3) is 1.98. The monoisotopic (exact) mass is 291 g/mol. The number of fused-ring (bicyclic) bond motifs is 3. The molecule has 0 spiro atoms. The predicted molar refractivity (Wildman–Crippen MR) is 84.0 cm³/mol. The van der Waals surface area contributed by atoms with Gasteiger partial charge in [0.25, 0.3) is 0 Å². The normalized spacial score (nSPS) is 17.1. The molecule has 1 atom stereocenters. The molecule has 3 aromatic carbocycles. The molecule has 3 heteroatoms. The summed E-state index contributed by atoms with van der Waals surface area (Å²) in [6, 6.07) is 18.2. The van der Waals surface area contributed by atoms with Crippen LogP contribution in [0.15, 0.2) is 60.7 Å². The second-order valence-electron chi connectivity index (χ2n) is 5.55. The highest BCUT2D eigenvalue weighted by Crippen LogP contribution is 2.34. The van der Waals surface area contributed by atoms with Gasteiger partial charge in [-0.15, -0.1) is 0 Å². The van der Waals surface area contributed by atoms with Gasteiger partial charge < -0.3 is 5.32 Å². The van der Waals surface area contributed by atoms with Crippen molar-refractivity contribution in [2.24, 2.45) is 0 Å². The van der Waals surface area contributed by atoms with E-state index in [0.29, 0.717) is 12.0 Å². The highest BCUT2D eigenvalue weighted by atomic mass is 19.1. The van der Waals surface area contributed by atoms with Gasteiger partial charge in [-0.3, -0.25) is 4.79 Å². The number of carbonyl (C=O) groups is 1. The molecule has 1 aliphatic heterocycles. The van der Waals surface area contributed by atoms with Crippen LogP contribution in [0.25, 0.3) is 10.8 Å². The molecule has 0 fully saturated rings. The summed E-state index contributed by atoms with van der Waals surface area (Å²) in [5.41, 5.74) is 2.48. The molecule has 108 valence electrons. The standard InChI is InChI=1S/C19H14FNO/c20-17-8-4-3-7-15(17)19-14-10-9-12-5-1-2-6-13(12)16(14)11-18(22)21-19/h1-10,19H,11H2,(H,21,22). The molecule has 1 N–H and O–H groups in total. The number of benzene rings is 3. The Morgan fingerprint density at radius 3 is 2.55 bits per heavy atom. The van der Waals surface area contributed by atoms with Crippen molar-refractivity contribution < 1.29 is 9.18 Å². The van der Waals surface area contributed by atoms with Gasteiger partial charge in [0, 0.05) is 5.56 Å². The van der Waals surface area contributed by atoms with Gasteiger partial charge in [0.15, 0.2) is 0 Å². The van der Waals surface area contributed by atoms with E-state index in [-0.39, 0.29) is 11.7 Å². The van der Waals surface area contributed by atoms with Crippen molar-refractivity contribution in [2.45, 2.75) is 12.5 Å². The molecule has 1 aliphatic rings. The minimum atomic E-state index is -0.429. The number of hydrogen-bond acceptors (Lipinski definition) is 1. The maximum atomic E-state index is 14.2. The van der Waals surface area contributed by atoms with Gasteiger partial charge in [0.2, 0.25) is 5.91 Å². The lowest BCUT2D eigenvalue weighted by Crippen LogP contribution is -2.36. The van der Waals surface area contributed by atoms with Crippen LogP contribution in [0.5, 0.6) is 0 Å². The van der Waals surface area contributed by atoms with Crippen LogP contribution in [-0.2, 0) is 11.2 Å². The Balaban J connectivity index is 1.97. The van der Waals surface area contributed by atoms with Gasteiger partial charge in [0.05, 0.1) is 12.5 Å². The molecule has 2 nitrogen and oxygen atoms in total. The molecule has 3 aromatic rings. The lowest BCUT2D eigenvalue weighted by atomic mass is 9.86. The number of halogens is 1. The maximum absolute atomic E-state index is 14.2. The summed E-state index contributed by atoms with van der Waals surface area (Å²) in [5.74, 6) is -0.370. The zero-order chi connectivity index (χ0) is 15.1. The Kier molecular flexibility index (Phi) is 2.93. The Hall–Kier alpha value is -2.68. The first-order valence-electron chi connectivity index (χ1n) is 7.28. The maximum Gasteiger partial charge on any atom is 0.225 e. The van der Waals surface area contributed by atoms with Crippen molar-refractivity contribution in [3.63, 3.8) is 0 Å². The van der Waals surface area contributed by atoms with E-state index in [0.717, 1.165) is 21.9 Å². The molecule has 0 aliphatic carbocycles. The quantitative estimate of drug-likeness (QED) is 0.727. The third-order valence-electron chi connectivity index (χ3n) is 4.25. The highest BCUT2D eigenvalue weighted by molar-refractivity contribution is 5.93. The van der Waals surface area contributed by atoms with E-state index < -0.39 is 6.04 Å². The Labute approximate surface area is 127 Å². The van der Waals surface area contributed by atoms with Crippen LogP contribution in [0.3, 0.4) is 0 Å². The van der Waals surface area contributed by atoms with E-state index in [1.807, 2.05) is 36.4 Å². The van der Waals surface area contributed by atoms with Crippen molar-refractivity contribution in [1.29, 1.82) is 0 Å². The molecule has 0 bridgehead atoms. The van der Waals surface area contributed by atoms with Crippen molar-refractivity contribution in [3.05, 3.63) is 83.2 Å². The van der Waals surface area contributed by atoms with Gasteiger partial charge in [0.1, 0.15) is 5.82 Å². The molecule has 1 heterocycles. The van der Waals surface area contributed by atoms with E-state index in [1.165, 1.54) is 6.07 Å². The Bertz CT molecular complexity index is 887. The van der Waals surface area contributed by atoms with Crippen LogP contribution < -0.4 is 5.32 Å². The molecular weight excluding hydrogens is 277 g/mol. The average Bonchev–Trinajstić information content (AvgIpc) is 2.54. The topological polar surface area (TPSA) is 29.1 Å². The summed E-state index contributed by atoms with van der Waals surface area (Å²) in [7, 11) is 0. The van der Waals surface area contributed by atoms with Gasteiger partial charge in [-0.2, -0.15) is 0 Å². The van der Waals surface area contributed by atoms with E-state index in [9.17, 15) is 9.18 Å². The summed E-state index contributed by atoms with van der Waals surface area (Å²) in [5, 5.41) is 5.08. The van der Waals surface area contributed by atoms with Crippen LogP contribution >= 0.6 is 0 Å². The largest absolute Gasteiger partial charge is 0.345 e. The van der Waals surface area contributed by atoms with Gasteiger partial charge in [-0.05, 0) is 28.0 Å². The van der Waals surface area contributed by atoms with Gasteiger partial charge >= 0.3 is 0 Å². The summed E-state index contributed by atoms with van der Waals surface area (Å²) in [4.78, 5) is 12.1. The first-order chi connectivity index (χ1) is 10.7. The molecule has 0 saturated heterocycles. The van der Waals surface area contributed by atoms with Gasteiger partial charge in [-0.1, -0.05) is 54.6 Å². The van der Waals surface area contributed by atoms with Crippen molar-refractivity contribution in [1.82, 2.24) is 5.32 Å². The minimum Gasteiger partial charge on any atom is -0.345 e. The van der Waals surface area contributed by atoms with Gasteiger partial charge in [-0.25, -0.2) is 4.39 Å². The average molecular weight is 291 g/mol. The number of amides is 1. The Morgan fingerprint density at radius 2 is 1.68 bits per heavy atom. The summed E-state index contributed by atoms with van der Waals surface area (Å²) < 4.78 is 14.2. The lowest BCUT2D eigenvalue weighted by Gasteiger charge is -2.28. The fourth-order valence-corrected chi connectivity index (χ4v) is 3.23. The molecular formula is C19H14FNO. The molecule has 0 radical (unpaired) electrons. The van der Waals surface area contributed by atoms with Crippen LogP contribution in [-0.4, -0.2) is 5.91 Å². The Morgan fingerprint density at radius 1 is 0.909 bits per heavy atom. The summed E-state index contributed by atoms with van der Waals surface area (Å²) in [6.07, 6.45) is 0.335. The minimum absolute atomic E-state index is 0.0721. The molecule has 0 saturated carbocycles. The second kappa shape index (κ2) is 4.95. The second-order valence-corrected chi connectivity index (χ2v) is 5.55. The fraction of sp³-hybridized carbons (Fsp3) is 0.105. The van der Waals surface area contributed by atoms with Crippen LogP contribution in [0.2, 0.25) is 0 Å². The number of nitrogens with one attached hydrogen (secondary N) is 1. The fourth-order valence-electron chi connectivity index (χ4n) is 3.23. The van der Waals surface area contributed by atoms with Crippen molar-refractivity contribution in [3.8, 4) is 0 Å². The predicted octanol–water partition coefficient (Wildman–Crippen LogP) is 3.74. The molecule has 1 amide bonds. The summed E-state index contributed by atoms with van der Waals surface area (Å²) >= 11 is 0. The molecule has 0 aromatic heterocycles. The molecule has 22 heavy (non-hydrogen) atoms. The van der Waals surface area contributed by atoms with E-state index in [2.05, 4.69) is 5.32 Å². The van der Waals surface area contributed by atoms with Crippen molar-refractivity contribution in [2.75, 3.05) is 0 Å². The lowest BCUT2D eigenvalue weighted by molar-refractivity contribution is -0.121.